The van der Waals surface area contributed by atoms with Crippen LogP contribution < -0.4 is 0 Å². The van der Waals surface area contributed by atoms with Crippen molar-refractivity contribution in [2.45, 2.75) is 30.6 Å². The van der Waals surface area contributed by atoms with Gasteiger partial charge in [0.2, 0.25) is 10.0 Å². The van der Waals surface area contributed by atoms with E-state index in [2.05, 4.69) is 4.98 Å². The molecule has 1 unspecified atom stereocenters. The van der Waals surface area contributed by atoms with E-state index < -0.39 is 15.8 Å². The van der Waals surface area contributed by atoms with E-state index >= 15 is 0 Å². The first-order valence-corrected chi connectivity index (χ1v) is 10.3. The molecule has 27 heavy (non-hydrogen) atoms. The standard InChI is InChI=1S/C20H20F2N2O2S/c1-13-9-16(21)5-7-20(13)27(25,26)24-8-2-3-14(12-24)19-11-15-10-17(22)4-6-18(15)23-19/h4-7,9-11,14,23H,2-3,8,12H2,1H3. The Hall–Kier alpha value is -2.25. The van der Waals surface area contributed by atoms with Crippen LogP contribution in [0.15, 0.2) is 47.4 Å². The van der Waals surface area contributed by atoms with Gasteiger partial charge in [-0.2, -0.15) is 4.31 Å². The lowest BCUT2D eigenvalue weighted by Gasteiger charge is -2.32. The second kappa shape index (κ2) is 6.73. The normalized spacial score (nSPS) is 18.9. The topological polar surface area (TPSA) is 53.2 Å². The van der Waals surface area contributed by atoms with Crippen molar-refractivity contribution in [1.82, 2.24) is 9.29 Å². The third-order valence-corrected chi connectivity index (χ3v) is 7.21. The van der Waals surface area contributed by atoms with Gasteiger partial charge in [-0.3, -0.25) is 0 Å². The monoisotopic (exact) mass is 390 g/mol. The summed E-state index contributed by atoms with van der Waals surface area (Å²) in [6.45, 7) is 2.38. The zero-order valence-electron chi connectivity index (χ0n) is 14.9. The van der Waals surface area contributed by atoms with Gasteiger partial charge in [0.05, 0.1) is 4.90 Å². The van der Waals surface area contributed by atoms with Gasteiger partial charge in [0, 0.05) is 35.6 Å². The van der Waals surface area contributed by atoms with Crippen molar-refractivity contribution in [1.29, 1.82) is 0 Å². The lowest BCUT2D eigenvalue weighted by Crippen LogP contribution is -2.39. The summed E-state index contributed by atoms with van der Waals surface area (Å²) in [6, 6.07) is 10.2. The van der Waals surface area contributed by atoms with E-state index in [1.165, 1.54) is 34.6 Å². The van der Waals surface area contributed by atoms with E-state index in [9.17, 15) is 17.2 Å². The molecule has 0 radical (unpaired) electrons. The fraction of sp³-hybridized carbons (Fsp3) is 0.300. The average Bonchev–Trinajstić information content (AvgIpc) is 3.04. The zero-order valence-corrected chi connectivity index (χ0v) is 15.7. The molecule has 0 amide bonds. The van der Waals surface area contributed by atoms with Crippen LogP contribution in [-0.2, 0) is 10.0 Å². The SMILES string of the molecule is Cc1cc(F)ccc1S(=O)(=O)N1CCCC(c2cc3cc(F)ccc3[nH]2)C1. The van der Waals surface area contributed by atoms with Crippen LogP contribution in [0.5, 0.6) is 0 Å². The van der Waals surface area contributed by atoms with Crippen LogP contribution in [0.1, 0.15) is 30.0 Å². The minimum atomic E-state index is -3.69. The number of hydrogen-bond acceptors (Lipinski definition) is 2. The van der Waals surface area contributed by atoms with Crippen LogP contribution in [0.3, 0.4) is 0 Å². The highest BCUT2D eigenvalue weighted by molar-refractivity contribution is 7.89. The number of benzene rings is 2. The fourth-order valence-corrected chi connectivity index (χ4v) is 5.53. The Morgan fingerprint density at radius 3 is 2.59 bits per heavy atom. The number of aryl methyl sites for hydroxylation is 1. The van der Waals surface area contributed by atoms with Crippen molar-refractivity contribution in [2.24, 2.45) is 0 Å². The molecule has 4 rings (SSSR count). The van der Waals surface area contributed by atoms with Gasteiger partial charge in [-0.15, -0.1) is 0 Å². The number of nitrogens with one attached hydrogen (secondary N) is 1. The van der Waals surface area contributed by atoms with Crippen molar-refractivity contribution in [2.75, 3.05) is 13.1 Å². The fourth-order valence-electron chi connectivity index (χ4n) is 3.80. The van der Waals surface area contributed by atoms with Gasteiger partial charge in [-0.1, -0.05) is 0 Å². The number of piperidine rings is 1. The summed E-state index contributed by atoms with van der Waals surface area (Å²) in [5.74, 6) is -0.745. The maximum absolute atomic E-state index is 13.4. The Labute approximate surface area is 156 Å². The van der Waals surface area contributed by atoms with Crippen molar-refractivity contribution >= 4 is 20.9 Å². The Morgan fingerprint density at radius 2 is 1.81 bits per heavy atom. The molecule has 1 aliphatic rings. The first-order chi connectivity index (χ1) is 12.8. The number of fused-ring (bicyclic) bond motifs is 1. The maximum atomic E-state index is 13.4. The molecule has 3 aromatic rings. The third-order valence-electron chi connectivity index (χ3n) is 5.18. The maximum Gasteiger partial charge on any atom is 0.243 e. The first-order valence-electron chi connectivity index (χ1n) is 8.89. The van der Waals surface area contributed by atoms with Gasteiger partial charge in [-0.25, -0.2) is 17.2 Å². The van der Waals surface area contributed by atoms with Gasteiger partial charge < -0.3 is 4.98 Å². The number of halogens is 2. The lowest BCUT2D eigenvalue weighted by molar-refractivity contribution is 0.313. The Kier molecular flexibility index (Phi) is 4.52. The largest absolute Gasteiger partial charge is 0.358 e. The van der Waals surface area contributed by atoms with E-state index in [0.29, 0.717) is 18.7 Å². The summed E-state index contributed by atoms with van der Waals surface area (Å²) in [5.41, 5.74) is 2.14. The molecule has 1 aromatic heterocycles. The minimum Gasteiger partial charge on any atom is -0.358 e. The van der Waals surface area contributed by atoms with Gasteiger partial charge in [0.25, 0.3) is 0 Å². The molecular formula is C20H20F2N2O2S. The van der Waals surface area contributed by atoms with Crippen molar-refractivity contribution in [3.63, 3.8) is 0 Å². The van der Waals surface area contributed by atoms with Crippen LogP contribution >= 0.6 is 0 Å². The van der Waals surface area contributed by atoms with E-state index in [0.717, 1.165) is 29.4 Å². The van der Waals surface area contributed by atoms with Gasteiger partial charge in [-0.05, 0) is 67.8 Å². The third kappa shape index (κ3) is 3.37. The summed E-state index contributed by atoms with van der Waals surface area (Å²) in [6.07, 6.45) is 1.58. The molecule has 1 atom stereocenters. The number of aromatic amines is 1. The quantitative estimate of drug-likeness (QED) is 0.724. The first kappa shape index (κ1) is 18.1. The molecule has 2 aromatic carbocycles. The Balaban J connectivity index is 1.63. The number of hydrogen-bond donors (Lipinski definition) is 1. The van der Waals surface area contributed by atoms with E-state index in [4.69, 9.17) is 0 Å². The molecule has 0 aliphatic carbocycles. The number of rotatable bonds is 3. The van der Waals surface area contributed by atoms with E-state index in [1.54, 1.807) is 13.0 Å². The molecule has 2 heterocycles. The molecule has 0 spiro atoms. The average molecular weight is 390 g/mol. The van der Waals surface area contributed by atoms with Crippen LogP contribution in [0, 0.1) is 18.6 Å². The number of nitrogens with zero attached hydrogens (tertiary/aromatic N) is 1. The summed E-state index contributed by atoms with van der Waals surface area (Å²) in [5, 5.41) is 0.777. The van der Waals surface area contributed by atoms with Crippen LogP contribution in [0.4, 0.5) is 8.78 Å². The molecule has 0 bridgehead atoms. The van der Waals surface area contributed by atoms with E-state index in [-0.39, 0.29) is 16.6 Å². The highest BCUT2D eigenvalue weighted by atomic mass is 32.2. The summed E-state index contributed by atoms with van der Waals surface area (Å²) in [4.78, 5) is 3.43. The summed E-state index contributed by atoms with van der Waals surface area (Å²) < 4.78 is 54.4. The highest BCUT2D eigenvalue weighted by Crippen LogP contribution is 2.32. The Bertz CT molecular complexity index is 1110. The zero-order chi connectivity index (χ0) is 19.2. The van der Waals surface area contributed by atoms with E-state index in [1.807, 2.05) is 6.07 Å². The molecule has 1 aliphatic heterocycles. The number of aromatic nitrogens is 1. The Morgan fingerprint density at radius 1 is 1.07 bits per heavy atom. The molecular weight excluding hydrogens is 370 g/mol. The smallest absolute Gasteiger partial charge is 0.243 e. The highest BCUT2D eigenvalue weighted by Gasteiger charge is 2.32. The van der Waals surface area contributed by atoms with Crippen molar-refractivity contribution in [3.05, 3.63) is 65.4 Å². The molecule has 1 N–H and O–H groups in total. The van der Waals surface area contributed by atoms with Gasteiger partial charge >= 0.3 is 0 Å². The molecule has 7 heteroatoms. The molecule has 1 fully saturated rings. The van der Waals surface area contributed by atoms with Crippen LogP contribution in [0.25, 0.3) is 10.9 Å². The van der Waals surface area contributed by atoms with Crippen LogP contribution in [0.2, 0.25) is 0 Å². The lowest BCUT2D eigenvalue weighted by atomic mass is 9.96. The van der Waals surface area contributed by atoms with Gasteiger partial charge in [0.15, 0.2) is 0 Å². The van der Waals surface area contributed by atoms with Crippen molar-refractivity contribution < 1.29 is 17.2 Å². The van der Waals surface area contributed by atoms with Crippen LogP contribution in [-0.4, -0.2) is 30.8 Å². The predicted octanol–water partition coefficient (Wildman–Crippen LogP) is 4.32. The molecule has 142 valence electrons. The molecule has 1 saturated heterocycles. The number of sulfonamides is 1. The molecule has 0 saturated carbocycles. The summed E-state index contributed by atoms with van der Waals surface area (Å²) >= 11 is 0. The summed E-state index contributed by atoms with van der Waals surface area (Å²) in [7, 11) is -3.69. The van der Waals surface area contributed by atoms with Gasteiger partial charge in [0.1, 0.15) is 11.6 Å². The van der Waals surface area contributed by atoms with Crippen molar-refractivity contribution in [3.8, 4) is 0 Å². The second-order valence-electron chi connectivity index (χ2n) is 7.07. The minimum absolute atomic E-state index is 0.00439. The second-order valence-corrected chi connectivity index (χ2v) is 8.97. The predicted molar refractivity (Wildman–Crippen MR) is 100 cm³/mol. The number of H-pyrrole nitrogens is 1. The molecule has 4 nitrogen and oxygen atoms in total.